The summed E-state index contributed by atoms with van der Waals surface area (Å²) in [6.45, 7) is 4.89. The third kappa shape index (κ3) is 6.02. The highest BCUT2D eigenvalue weighted by molar-refractivity contribution is 7.94. The molecule has 4 nitrogen and oxygen atoms in total. The summed E-state index contributed by atoms with van der Waals surface area (Å²) < 4.78 is 27.6. The third-order valence-corrected chi connectivity index (χ3v) is 4.02. The van der Waals surface area contributed by atoms with Crippen LogP contribution in [0.25, 0.3) is 0 Å². The Hall–Kier alpha value is -0.620. The molecule has 0 aromatic rings. The number of ether oxygens (including phenoxy) is 1. The SMILES string of the molecule is CC(C)CCCOC(=S)N[C@@H]1C=CS(=O)(=O)C1. The van der Waals surface area contributed by atoms with Gasteiger partial charge in [-0.1, -0.05) is 13.8 Å². The van der Waals surface area contributed by atoms with E-state index < -0.39 is 9.84 Å². The molecule has 0 aromatic carbocycles. The quantitative estimate of drug-likeness (QED) is 0.611. The van der Waals surface area contributed by atoms with Crippen molar-refractivity contribution in [3.05, 3.63) is 11.5 Å². The summed E-state index contributed by atoms with van der Waals surface area (Å²) in [4.78, 5) is 0. The van der Waals surface area contributed by atoms with Gasteiger partial charge in [0, 0.05) is 5.41 Å². The van der Waals surface area contributed by atoms with Gasteiger partial charge < -0.3 is 10.1 Å². The number of thiocarbonyl (C=S) groups is 1. The van der Waals surface area contributed by atoms with Gasteiger partial charge in [-0.3, -0.25) is 0 Å². The molecule has 0 saturated heterocycles. The Balaban J connectivity index is 2.16. The highest BCUT2D eigenvalue weighted by atomic mass is 32.2. The molecular formula is C11H19NO3S2. The first-order valence-corrected chi connectivity index (χ1v) is 7.85. The van der Waals surface area contributed by atoms with Gasteiger partial charge in [0.1, 0.15) is 0 Å². The maximum Gasteiger partial charge on any atom is 0.257 e. The fraction of sp³-hybridized carbons (Fsp3) is 0.727. The molecule has 0 spiro atoms. The predicted molar refractivity (Wildman–Crippen MR) is 72.5 cm³/mol. The van der Waals surface area contributed by atoms with Gasteiger partial charge in [-0.2, -0.15) is 0 Å². The Labute approximate surface area is 108 Å². The Kier molecular flexibility index (Phi) is 5.39. The van der Waals surface area contributed by atoms with E-state index in [1.165, 1.54) is 5.41 Å². The van der Waals surface area contributed by atoms with Crippen LogP contribution in [-0.4, -0.2) is 32.0 Å². The van der Waals surface area contributed by atoms with Crippen LogP contribution in [0.15, 0.2) is 11.5 Å². The second kappa shape index (κ2) is 6.35. The lowest BCUT2D eigenvalue weighted by Gasteiger charge is -2.13. The lowest BCUT2D eigenvalue weighted by molar-refractivity contribution is 0.279. The maximum absolute atomic E-state index is 11.1. The zero-order valence-electron chi connectivity index (χ0n) is 10.2. The number of nitrogens with one attached hydrogen (secondary N) is 1. The van der Waals surface area contributed by atoms with Gasteiger partial charge in [0.2, 0.25) is 0 Å². The Morgan fingerprint density at radius 3 is 2.82 bits per heavy atom. The zero-order valence-corrected chi connectivity index (χ0v) is 11.8. The summed E-state index contributed by atoms with van der Waals surface area (Å²) in [7, 11) is -3.04. The topological polar surface area (TPSA) is 55.4 Å². The second-order valence-corrected chi connectivity index (χ2v) is 6.88. The van der Waals surface area contributed by atoms with E-state index in [1.807, 2.05) is 0 Å². The molecule has 98 valence electrons. The zero-order chi connectivity index (χ0) is 12.9. The molecule has 1 rings (SSSR count). The first kappa shape index (κ1) is 14.4. The molecule has 0 bridgehead atoms. The van der Waals surface area contributed by atoms with E-state index in [0.29, 0.717) is 12.5 Å². The third-order valence-electron chi connectivity index (χ3n) is 2.39. The Bertz CT molecular complexity index is 388. The van der Waals surface area contributed by atoms with E-state index in [-0.39, 0.29) is 17.0 Å². The van der Waals surface area contributed by atoms with Gasteiger partial charge in [0.15, 0.2) is 9.84 Å². The van der Waals surface area contributed by atoms with E-state index >= 15 is 0 Å². The van der Waals surface area contributed by atoms with Gasteiger partial charge in [-0.15, -0.1) is 0 Å². The van der Waals surface area contributed by atoms with Crippen molar-refractivity contribution in [2.24, 2.45) is 5.92 Å². The summed E-state index contributed by atoms with van der Waals surface area (Å²) in [6, 6.07) is -0.252. The van der Waals surface area contributed by atoms with Gasteiger partial charge in [-0.05, 0) is 37.1 Å². The highest BCUT2D eigenvalue weighted by Crippen LogP contribution is 2.08. The van der Waals surface area contributed by atoms with E-state index in [1.54, 1.807) is 6.08 Å². The van der Waals surface area contributed by atoms with E-state index in [2.05, 4.69) is 19.2 Å². The highest BCUT2D eigenvalue weighted by Gasteiger charge is 2.22. The lowest BCUT2D eigenvalue weighted by Crippen LogP contribution is -2.35. The molecule has 0 fully saturated rings. The van der Waals surface area contributed by atoms with Crippen molar-refractivity contribution in [2.45, 2.75) is 32.7 Å². The molecule has 0 aromatic heterocycles. The molecule has 6 heteroatoms. The van der Waals surface area contributed by atoms with Crippen molar-refractivity contribution >= 4 is 27.2 Å². The molecule has 1 aliphatic heterocycles. The van der Waals surface area contributed by atoms with Crippen LogP contribution in [0.4, 0.5) is 0 Å². The van der Waals surface area contributed by atoms with Crippen LogP contribution in [0.1, 0.15) is 26.7 Å². The Morgan fingerprint density at radius 2 is 2.29 bits per heavy atom. The summed E-state index contributed by atoms with van der Waals surface area (Å²) in [5.41, 5.74) is 0. The fourth-order valence-electron chi connectivity index (χ4n) is 1.52. The van der Waals surface area contributed by atoms with E-state index in [9.17, 15) is 8.42 Å². The van der Waals surface area contributed by atoms with Gasteiger partial charge in [0.05, 0.1) is 18.4 Å². The van der Waals surface area contributed by atoms with Crippen LogP contribution in [0.2, 0.25) is 0 Å². The smallest absolute Gasteiger partial charge is 0.257 e. The van der Waals surface area contributed by atoms with Crippen LogP contribution in [-0.2, 0) is 14.6 Å². The van der Waals surface area contributed by atoms with Gasteiger partial charge in [0.25, 0.3) is 5.17 Å². The van der Waals surface area contributed by atoms with Crippen molar-refractivity contribution in [1.82, 2.24) is 5.32 Å². The van der Waals surface area contributed by atoms with Crippen LogP contribution >= 0.6 is 12.2 Å². The van der Waals surface area contributed by atoms with Crippen molar-refractivity contribution < 1.29 is 13.2 Å². The first-order valence-electron chi connectivity index (χ1n) is 5.73. The average molecular weight is 277 g/mol. The summed E-state index contributed by atoms with van der Waals surface area (Å²) in [6.07, 6.45) is 3.65. The molecule has 17 heavy (non-hydrogen) atoms. The van der Waals surface area contributed by atoms with Crippen LogP contribution in [0.5, 0.6) is 0 Å². The molecule has 0 aliphatic carbocycles. The standard InChI is InChI=1S/C11H19NO3S2/c1-9(2)4-3-6-15-11(16)12-10-5-7-17(13,14)8-10/h5,7,9-10H,3-4,6,8H2,1-2H3,(H,12,16)/t10-/m1/s1. The summed E-state index contributed by atoms with van der Waals surface area (Å²) in [5.74, 6) is 0.714. The first-order chi connectivity index (χ1) is 7.89. The molecule has 1 aliphatic rings. The molecular weight excluding hydrogens is 258 g/mol. The fourth-order valence-corrected chi connectivity index (χ4v) is 2.99. The van der Waals surface area contributed by atoms with Crippen molar-refractivity contribution in [3.63, 3.8) is 0 Å². The molecule has 0 amide bonds. The summed E-state index contributed by atoms with van der Waals surface area (Å²) in [5, 5.41) is 4.36. The van der Waals surface area contributed by atoms with Crippen LogP contribution in [0, 0.1) is 5.92 Å². The second-order valence-electron chi connectivity index (χ2n) is 4.58. The normalized spacial score (nSPS) is 21.7. The lowest BCUT2D eigenvalue weighted by atomic mass is 10.1. The van der Waals surface area contributed by atoms with E-state index in [0.717, 1.165) is 12.8 Å². The van der Waals surface area contributed by atoms with Crippen LogP contribution in [0.3, 0.4) is 0 Å². The average Bonchev–Trinajstić information content (AvgIpc) is 2.52. The van der Waals surface area contributed by atoms with Gasteiger partial charge in [-0.25, -0.2) is 8.42 Å². The molecule has 1 heterocycles. The number of hydrogen-bond acceptors (Lipinski definition) is 4. The molecule has 0 unspecified atom stereocenters. The van der Waals surface area contributed by atoms with Crippen molar-refractivity contribution in [1.29, 1.82) is 0 Å². The van der Waals surface area contributed by atoms with Crippen molar-refractivity contribution in [3.8, 4) is 0 Å². The number of sulfone groups is 1. The summed E-state index contributed by atoms with van der Waals surface area (Å²) >= 11 is 4.98. The Morgan fingerprint density at radius 1 is 1.59 bits per heavy atom. The van der Waals surface area contributed by atoms with E-state index in [4.69, 9.17) is 17.0 Å². The number of hydrogen-bond donors (Lipinski definition) is 1. The van der Waals surface area contributed by atoms with Crippen LogP contribution < -0.4 is 5.32 Å². The molecule has 1 N–H and O–H groups in total. The molecule has 0 saturated carbocycles. The maximum atomic E-state index is 11.1. The predicted octanol–water partition coefficient (Wildman–Crippen LogP) is 1.62. The number of rotatable bonds is 5. The minimum atomic E-state index is -3.04. The monoisotopic (exact) mass is 277 g/mol. The minimum absolute atomic E-state index is 0.0580. The molecule has 1 atom stereocenters. The van der Waals surface area contributed by atoms with Crippen molar-refractivity contribution in [2.75, 3.05) is 12.4 Å². The molecule has 0 radical (unpaired) electrons. The minimum Gasteiger partial charge on any atom is -0.471 e. The van der Waals surface area contributed by atoms with Gasteiger partial charge >= 0.3 is 0 Å². The largest absolute Gasteiger partial charge is 0.471 e.